The zero-order valence-electron chi connectivity index (χ0n) is 19.9. The van der Waals surface area contributed by atoms with Gasteiger partial charge in [0.05, 0.1) is 0 Å². The summed E-state index contributed by atoms with van der Waals surface area (Å²) in [5, 5.41) is 0. The van der Waals surface area contributed by atoms with Crippen LogP contribution in [0.25, 0.3) is 0 Å². The minimum absolute atomic E-state index is 0.208. The molecule has 0 aliphatic carbocycles. The van der Waals surface area contributed by atoms with Crippen LogP contribution in [0.3, 0.4) is 0 Å². The van der Waals surface area contributed by atoms with Gasteiger partial charge in [-0.2, -0.15) is 26.3 Å². The molecule has 1 aromatic rings. The maximum absolute atomic E-state index is 13.7. The number of halogens is 6. The van der Waals surface area contributed by atoms with Crippen molar-refractivity contribution < 1.29 is 40.6 Å². The fourth-order valence-electron chi connectivity index (χ4n) is 2.74. The maximum atomic E-state index is 13.7. The highest BCUT2D eigenvalue weighted by atomic mass is 19.4. The Bertz CT molecular complexity index is 694. The van der Waals surface area contributed by atoms with E-state index in [0.29, 0.717) is 12.0 Å². The molecule has 3 nitrogen and oxygen atoms in total. The van der Waals surface area contributed by atoms with Gasteiger partial charge < -0.3 is 9.47 Å². The van der Waals surface area contributed by atoms with Crippen LogP contribution in [-0.2, 0) is 26.3 Å². The lowest BCUT2D eigenvalue weighted by molar-refractivity contribution is -0.388. The predicted molar refractivity (Wildman–Crippen MR) is 111 cm³/mol. The van der Waals surface area contributed by atoms with Gasteiger partial charge in [-0.05, 0) is 38.2 Å². The number of ether oxygens (including phenoxy) is 2. The second-order valence-electron chi connectivity index (χ2n) is 9.69. The number of carbonyl (C=O) groups excluding carboxylic acids is 1. The van der Waals surface area contributed by atoms with Crippen molar-refractivity contribution in [3.63, 3.8) is 0 Å². The van der Waals surface area contributed by atoms with Gasteiger partial charge >= 0.3 is 18.3 Å². The summed E-state index contributed by atoms with van der Waals surface area (Å²) in [6, 6.07) is 3.86. The van der Waals surface area contributed by atoms with Gasteiger partial charge in [0.2, 0.25) is 0 Å². The standard InChI is InChI=1S/C20H26F6O3.C3H8/c1-16(2,3)11-13-7-9-14(10-8-13)18(19(21,22)23,20(24,25)26)28-12-15(27)29-17(4,5)6;1-3-2/h7-10H,11-12H2,1-6H3;3H2,1-2H3. The number of hydrogen-bond donors (Lipinski definition) is 0. The van der Waals surface area contributed by atoms with Crippen LogP contribution in [0.5, 0.6) is 0 Å². The molecule has 0 amide bonds. The zero-order valence-corrected chi connectivity index (χ0v) is 19.9. The maximum Gasteiger partial charge on any atom is 0.430 e. The van der Waals surface area contributed by atoms with Crippen molar-refractivity contribution in [3.05, 3.63) is 35.4 Å². The van der Waals surface area contributed by atoms with E-state index in [0.717, 1.165) is 12.1 Å². The van der Waals surface area contributed by atoms with E-state index in [1.54, 1.807) is 0 Å². The van der Waals surface area contributed by atoms with Crippen LogP contribution in [0.4, 0.5) is 26.3 Å². The minimum atomic E-state index is -5.86. The van der Waals surface area contributed by atoms with Crippen molar-refractivity contribution in [2.45, 2.75) is 91.8 Å². The Labute approximate surface area is 186 Å². The Morgan fingerprint density at radius 1 is 0.812 bits per heavy atom. The average Bonchev–Trinajstić information content (AvgIpc) is 2.51. The summed E-state index contributed by atoms with van der Waals surface area (Å²) in [5.41, 5.74) is -6.53. The highest BCUT2D eigenvalue weighted by Crippen LogP contribution is 2.53. The van der Waals surface area contributed by atoms with Gasteiger partial charge in [-0.25, -0.2) is 4.79 Å². The van der Waals surface area contributed by atoms with Crippen molar-refractivity contribution >= 4 is 5.97 Å². The molecular weight excluding hydrogens is 438 g/mol. The summed E-state index contributed by atoms with van der Waals surface area (Å²) in [7, 11) is 0. The predicted octanol–water partition coefficient (Wildman–Crippen LogP) is 7.37. The van der Waals surface area contributed by atoms with Crippen LogP contribution in [0, 0.1) is 5.41 Å². The van der Waals surface area contributed by atoms with Crippen LogP contribution < -0.4 is 0 Å². The number of carbonyl (C=O) groups is 1. The Hall–Kier alpha value is -1.77. The largest absolute Gasteiger partial charge is 0.458 e. The molecule has 9 heteroatoms. The van der Waals surface area contributed by atoms with E-state index in [-0.39, 0.29) is 5.41 Å². The Morgan fingerprint density at radius 2 is 1.22 bits per heavy atom. The molecule has 0 fully saturated rings. The zero-order chi connectivity index (χ0) is 25.6. The Morgan fingerprint density at radius 3 is 1.53 bits per heavy atom. The molecule has 0 saturated heterocycles. The van der Waals surface area contributed by atoms with E-state index in [4.69, 9.17) is 4.74 Å². The number of esters is 1. The molecule has 0 aliphatic rings. The monoisotopic (exact) mass is 472 g/mol. The molecule has 1 rings (SSSR count). The first-order valence-corrected chi connectivity index (χ1v) is 10.3. The van der Waals surface area contributed by atoms with Gasteiger partial charge in [-0.15, -0.1) is 0 Å². The number of hydrogen-bond acceptors (Lipinski definition) is 3. The third-order valence-electron chi connectivity index (χ3n) is 3.72. The smallest absolute Gasteiger partial charge is 0.430 e. The highest BCUT2D eigenvalue weighted by Gasteiger charge is 2.73. The third-order valence-corrected chi connectivity index (χ3v) is 3.72. The molecule has 0 N–H and O–H groups in total. The first-order valence-electron chi connectivity index (χ1n) is 10.3. The fraction of sp³-hybridized carbons (Fsp3) is 0.696. The second-order valence-corrected chi connectivity index (χ2v) is 9.69. The van der Waals surface area contributed by atoms with Crippen molar-refractivity contribution in [3.8, 4) is 0 Å². The molecule has 32 heavy (non-hydrogen) atoms. The molecule has 0 heterocycles. The average molecular weight is 473 g/mol. The molecule has 0 saturated carbocycles. The lowest BCUT2D eigenvalue weighted by Crippen LogP contribution is -2.56. The molecular formula is C23H34F6O3. The Kier molecular flexibility index (Phi) is 10.3. The molecule has 0 bridgehead atoms. The topological polar surface area (TPSA) is 35.5 Å². The van der Waals surface area contributed by atoms with E-state index >= 15 is 0 Å². The van der Waals surface area contributed by atoms with Crippen LogP contribution in [0.1, 0.15) is 72.9 Å². The third kappa shape index (κ3) is 9.00. The van der Waals surface area contributed by atoms with Crippen molar-refractivity contribution in [2.24, 2.45) is 5.41 Å². The number of rotatable bonds is 5. The molecule has 0 aliphatic heterocycles. The van der Waals surface area contributed by atoms with Gasteiger partial charge in [0.1, 0.15) is 12.2 Å². The number of alkyl halides is 6. The van der Waals surface area contributed by atoms with Crippen LogP contribution in [-0.4, -0.2) is 30.5 Å². The molecule has 186 valence electrons. The molecule has 1 aromatic carbocycles. The minimum Gasteiger partial charge on any atom is -0.458 e. The van der Waals surface area contributed by atoms with Gasteiger partial charge in [0.25, 0.3) is 5.60 Å². The van der Waals surface area contributed by atoms with Crippen LogP contribution in [0.2, 0.25) is 0 Å². The van der Waals surface area contributed by atoms with Gasteiger partial charge in [-0.3, -0.25) is 0 Å². The molecule has 0 unspecified atom stereocenters. The van der Waals surface area contributed by atoms with Crippen molar-refractivity contribution in [2.75, 3.05) is 6.61 Å². The lowest BCUT2D eigenvalue weighted by Gasteiger charge is -2.37. The summed E-state index contributed by atoms with van der Waals surface area (Å²) < 4.78 is 91.4. The quantitative estimate of drug-likeness (QED) is 0.332. The Balaban J connectivity index is 0.00000302. The van der Waals surface area contributed by atoms with Crippen LogP contribution in [0.15, 0.2) is 24.3 Å². The van der Waals surface area contributed by atoms with Gasteiger partial charge in [-0.1, -0.05) is 65.3 Å². The summed E-state index contributed by atoms with van der Waals surface area (Å²) in [5.74, 6) is -1.33. The van der Waals surface area contributed by atoms with E-state index < -0.39 is 41.7 Å². The highest BCUT2D eigenvalue weighted by molar-refractivity contribution is 5.71. The van der Waals surface area contributed by atoms with Crippen molar-refractivity contribution in [1.29, 1.82) is 0 Å². The van der Waals surface area contributed by atoms with E-state index in [2.05, 4.69) is 18.6 Å². The summed E-state index contributed by atoms with van der Waals surface area (Å²) >= 11 is 0. The van der Waals surface area contributed by atoms with Crippen molar-refractivity contribution in [1.82, 2.24) is 0 Å². The molecule has 0 spiro atoms. The molecule has 0 radical (unpaired) electrons. The van der Waals surface area contributed by atoms with E-state index in [9.17, 15) is 31.1 Å². The number of benzene rings is 1. The SMILES string of the molecule is CC(C)(C)Cc1ccc(C(OCC(=O)OC(C)(C)C)(C(F)(F)F)C(F)(F)F)cc1.CCC. The summed E-state index contributed by atoms with van der Waals surface area (Å²) in [6.07, 6.45) is -10.0. The van der Waals surface area contributed by atoms with E-state index in [1.165, 1.54) is 39.3 Å². The fourth-order valence-corrected chi connectivity index (χ4v) is 2.74. The summed E-state index contributed by atoms with van der Waals surface area (Å²) in [4.78, 5) is 11.7. The first kappa shape index (κ1) is 30.2. The summed E-state index contributed by atoms with van der Waals surface area (Å²) in [6.45, 7) is 12.7. The molecule has 0 atom stereocenters. The van der Waals surface area contributed by atoms with Crippen LogP contribution >= 0.6 is 0 Å². The first-order chi connectivity index (χ1) is 14.2. The normalized spacial score (nSPS) is 13.3. The second kappa shape index (κ2) is 10.9. The molecule has 0 aromatic heterocycles. The lowest BCUT2D eigenvalue weighted by atomic mass is 9.86. The van der Waals surface area contributed by atoms with Gasteiger partial charge in [0, 0.05) is 5.56 Å². The van der Waals surface area contributed by atoms with Gasteiger partial charge in [0.15, 0.2) is 0 Å². The van der Waals surface area contributed by atoms with E-state index in [1.807, 2.05) is 20.8 Å².